The third kappa shape index (κ3) is 3.86. The third-order valence-corrected chi connectivity index (χ3v) is 3.74. The molecule has 0 heterocycles. The number of hydrogen-bond donors (Lipinski definition) is 2. The average molecular weight is 297 g/mol. The summed E-state index contributed by atoms with van der Waals surface area (Å²) in [5.74, 6) is -0.118. The Morgan fingerprint density at radius 2 is 1.86 bits per heavy atom. The molecule has 3 N–H and O–H groups in total. The maximum Gasteiger partial charge on any atom is 0.255 e. The van der Waals surface area contributed by atoms with Crippen molar-refractivity contribution in [3.05, 3.63) is 59.7 Å². The molecule has 22 heavy (non-hydrogen) atoms. The summed E-state index contributed by atoms with van der Waals surface area (Å²) in [4.78, 5) is 14.4. The second kappa shape index (κ2) is 7.09. The van der Waals surface area contributed by atoms with Gasteiger partial charge in [0, 0.05) is 36.6 Å². The number of nitrogens with two attached hydrogens (primary N) is 1. The summed E-state index contributed by atoms with van der Waals surface area (Å²) in [6, 6.07) is 15.6. The normalized spacial score (nSPS) is 10.6. The van der Waals surface area contributed by atoms with E-state index in [9.17, 15) is 4.79 Å². The summed E-state index contributed by atoms with van der Waals surface area (Å²) in [7, 11) is 2.04. The zero-order chi connectivity index (χ0) is 16.1. The minimum absolute atomic E-state index is 0.118. The Labute approximate surface area is 131 Å². The summed E-state index contributed by atoms with van der Waals surface area (Å²) in [5, 5.41) is 2.93. The standard InChI is InChI=1S/C18H23N3O/c1-13(2)21(3)17-6-4-5-16(11-17)20-18(22)15-9-7-14(12-19)8-10-15/h4-11,13H,12,19H2,1-3H3,(H,20,22). The molecule has 116 valence electrons. The van der Waals surface area contributed by atoms with Crippen molar-refractivity contribution < 1.29 is 4.79 Å². The molecular weight excluding hydrogens is 274 g/mol. The first kappa shape index (κ1) is 16.0. The van der Waals surface area contributed by atoms with Crippen LogP contribution in [0, 0.1) is 0 Å². The van der Waals surface area contributed by atoms with Gasteiger partial charge in [-0.2, -0.15) is 0 Å². The highest BCUT2D eigenvalue weighted by Gasteiger charge is 2.09. The van der Waals surface area contributed by atoms with Crippen molar-refractivity contribution in [2.75, 3.05) is 17.3 Å². The van der Waals surface area contributed by atoms with Gasteiger partial charge in [0.05, 0.1) is 0 Å². The smallest absolute Gasteiger partial charge is 0.255 e. The molecule has 4 nitrogen and oxygen atoms in total. The van der Waals surface area contributed by atoms with E-state index in [4.69, 9.17) is 5.73 Å². The number of hydrogen-bond acceptors (Lipinski definition) is 3. The first-order valence-electron chi connectivity index (χ1n) is 7.44. The minimum atomic E-state index is -0.118. The molecule has 0 fully saturated rings. The van der Waals surface area contributed by atoms with Crippen LogP contribution in [0.2, 0.25) is 0 Å². The molecule has 0 atom stereocenters. The van der Waals surface area contributed by atoms with E-state index in [1.165, 1.54) is 0 Å². The topological polar surface area (TPSA) is 58.4 Å². The van der Waals surface area contributed by atoms with Crippen LogP contribution < -0.4 is 16.0 Å². The number of amides is 1. The van der Waals surface area contributed by atoms with E-state index in [1.54, 1.807) is 12.1 Å². The summed E-state index contributed by atoms with van der Waals surface area (Å²) in [6.45, 7) is 4.74. The zero-order valence-corrected chi connectivity index (χ0v) is 13.3. The number of nitrogens with one attached hydrogen (secondary N) is 1. The molecule has 2 aromatic carbocycles. The lowest BCUT2D eigenvalue weighted by atomic mass is 10.1. The summed E-state index contributed by atoms with van der Waals surface area (Å²) in [5.41, 5.74) is 9.06. The van der Waals surface area contributed by atoms with Crippen LogP contribution in [0.4, 0.5) is 11.4 Å². The molecule has 0 spiro atoms. The Kier molecular flexibility index (Phi) is 5.17. The van der Waals surface area contributed by atoms with Gasteiger partial charge in [0.2, 0.25) is 0 Å². The molecule has 4 heteroatoms. The van der Waals surface area contributed by atoms with Crippen LogP contribution in [0.3, 0.4) is 0 Å². The Hall–Kier alpha value is -2.33. The van der Waals surface area contributed by atoms with Crippen molar-refractivity contribution in [3.63, 3.8) is 0 Å². The molecule has 0 aliphatic rings. The molecule has 0 saturated carbocycles. The molecule has 2 aromatic rings. The molecule has 0 bridgehead atoms. The van der Waals surface area contributed by atoms with Crippen molar-refractivity contribution in [2.24, 2.45) is 5.73 Å². The van der Waals surface area contributed by atoms with Gasteiger partial charge in [-0.15, -0.1) is 0 Å². The number of anilines is 2. The Morgan fingerprint density at radius 1 is 1.18 bits per heavy atom. The van der Waals surface area contributed by atoms with Gasteiger partial charge in [0.1, 0.15) is 0 Å². The van der Waals surface area contributed by atoms with Gasteiger partial charge in [-0.3, -0.25) is 4.79 Å². The minimum Gasteiger partial charge on any atom is -0.372 e. The Balaban J connectivity index is 2.12. The molecule has 0 aliphatic heterocycles. The van der Waals surface area contributed by atoms with Gasteiger partial charge in [-0.05, 0) is 49.7 Å². The van der Waals surface area contributed by atoms with Gasteiger partial charge in [-0.1, -0.05) is 18.2 Å². The predicted octanol–water partition coefficient (Wildman–Crippen LogP) is 3.24. The molecule has 1 amide bonds. The number of benzene rings is 2. The average Bonchev–Trinajstić information content (AvgIpc) is 2.54. The Morgan fingerprint density at radius 3 is 2.45 bits per heavy atom. The molecule has 0 saturated heterocycles. The second-order valence-electron chi connectivity index (χ2n) is 5.61. The monoisotopic (exact) mass is 297 g/mol. The van der Waals surface area contributed by atoms with Crippen LogP contribution in [-0.2, 0) is 6.54 Å². The van der Waals surface area contributed by atoms with Crippen molar-refractivity contribution in [1.82, 2.24) is 0 Å². The summed E-state index contributed by atoms with van der Waals surface area (Å²) >= 11 is 0. The van der Waals surface area contributed by atoms with E-state index in [-0.39, 0.29) is 5.91 Å². The van der Waals surface area contributed by atoms with Crippen molar-refractivity contribution in [2.45, 2.75) is 26.4 Å². The number of nitrogens with zero attached hydrogens (tertiary/aromatic N) is 1. The van der Waals surface area contributed by atoms with Crippen molar-refractivity contribution in [3.8, 4) is 0 Å². The quantitative estimate of drug-likeness (QED) is 0.890. The maximum atomic E-state index is 12.3. The van der Waals surface area contributed by atoms with E-state index in [0.717, 1.165) is 16.9 Å². The maximum absolute atomic E-state index is 12.3. The molecule has 0 unspecified atom stereocenters. The van der Waals surface area contributed by atoms with E-state index in [1.807, 2.05) is 43.4 Å². The molecule has 2 rings (SSSR count). The van der Waals surface area contributed by atoms with Crippen LogP contribution in [0.1, 0.15) is 29.8 Å². The van der Waals surface area contributed by atoms with E-state index >= 15 is 0 Å². The van der Waals surface area contributed by atoms with Crippen LogP contribution in [0.25, 0.3) is 0 Å². The van der Waals surface area contributed by atoms with Crippen molar-refractivity contribution in [1.29, 1.82) is 0 Å². The van der Waals surface area contributed by atoms with Gasteiger partial charge < -0.3 is 16.0 Å². The first-order valence-corrected chi connectivity index (χ1v) is 7.44. The lowest BCUT2D eigenvalue weighted by Crippen LogP contribution is -2.25. The SMILES string of the molecule is CC(C)N(C)c1cccc(NC(=O)c2ccc(CN)cc2)c1. The molecule has 0 aliphatic carbocycles. The molecule has 0 aromatic heterocycles. The first-order chi connectivity index (χ1) is 10.5. The van der Waals surface area contributed by atoms with Crippen LogP contribution in [0.15, 0.2) is 48.5 Å². The fourth-order valence-electron chi connectivity index (χ4n) is 2.10. The highest BCUT2D eigenvalue weighted by molar-refractivity contribution is 6.04. The van der Waals surface area contributed by atoms with Crippen LogP contribution in [0.5, 0.6) is 0 Å². The highest BCUT2D eigenvalue weighted by Crippen LogP contribution is 2.20. The zero-order valence-electron chi connectivity index (χ0n) is 13.3. The predicted molar refractivity (Wildman–Crippen MR) is 92.3 cm³/mol. The van der Waals surface area contributed by atoms with Crippen LogP contribution in [-0.4, -0.2) is 19.0 Å². The highest BCUT2D eigenvalue weighted by atomic mass is 16.1. The third-order valence-electron chi connectivity index (χ3n) is 3.74. The van der Waals surface area contributed by atoms with E-state index in [2.05, 4.69) is 24.1 Å². The fourth-order valence-corrected chi connectivity index (χ4v) is 2.10. The fraction of sp³-hybridized carbons (Fsp3) is 0.278. The van der Waals surface area contributed by atoms with Gasteiger partial charge in [-0.25, -0.2) is 0 Å². The van der Waals surface area contributed by atoms with E-state index in [0.29, 0.717) is 18.2 Å². The van der Waals surface area contributed by atoms with Gasteiger partial charge in [0.15, 0.2) is 0 Å². The van der Waals surface area contributed by atoms with Crippen LogP contribution >= 0.6 is 0 Å². The second-order valence-corrected chi connectivity index (χ2v) is 5.61. The lowest BCUT2D eigenvalue weighted by Gasteiger charge is -2.24. The van der Waals surface area contributed by atoms with Crippen molar-refractivity contribution >= 4 is 17.3 Å². The largest absolute Gasteiger partial charge is 0.372 e. The number of carbonyl (C=O) groups is 1. The van der Waals surface area contributed by atoms with Gasteiger partial charge >= 0.3 is 0 Å². The lowest BCUT2D eigenvalue weighted by molar-refractivity contribution is 0.102. The Bertz CT molecular complexity index is 635. The summed E-state index contributed by atoms with van der Waals surface area (Å²) < 4.78 is 0. The molecule has 0 radical (unpaired) electrons. The summed E-state index contributed by atoms with van der Waals surface area (Å²) in [6.07, 6.45) is 0. The van der Waals surface area contributed by atoms with Gasteiger partial charge in [0.25, 0.3) is 5.91 Å². The van der Waals surface area contributed by atoms with E-state index < -0.39 is 0 Å². The number of rotatable bonds is 5. The molecular formula is C18H23N3O. The number of carbonyl (C=O) groups excluding carboxylic acids is 1.